The molecule has 0 atom stereocenters. The van der Waals surface area contributed by atoms with E-state index in [1.165, 1.54) is 6.08 Å². The molecule has 0 aliphatic carbocycles. The Hall–Kier alpha value is -0.990. The zero-order valence-electron chi connectivity index (χ0n) is 10.5. The molecule has 4 heteroatoms. The Morgan fingerprint density at radius 1 is 1.33 bits per heavy atom. The molecule has 18 heavy (non-hydrogen) atoms. The number of amides is 1. The molecule has 0 bridgehead atoms. The summed E-state index contributed by atoms with van der Waals surface area (Å²) >= 11 is 11.7. The smallest absolute Gasteiger partial charge is 0.243 e. The first-order chi connectivity index (χ1) is 8.49. The first-order valence-electron chi connectivity index (χ1n) is 5.90. The van der Waals surface area contributed by atoms with Crippen LogP contribution in [0.15, 0.2) is 24.3 Å². The highest BCUT2D eigenvalue weighted by atomic mass is 35.5. The van der Waals surface area contributed by atoms with Crippen molar-refractivity contribution in [3.05, 3.63) is 39.9 Å². The third-order valence-corrected chi connectivity index (χ3v) is 3.13. The number of halogens is 2. The van der Waals surface area contributed by atoms with E-state index in [1.807, 2.05) is 6.07 Å². The summed E-state index contributed by atoms with van der Waals surface area (Å²) in [5.74, 6) is 0.492. The fraction of sp³-hybridized carbons (Fsp3) is 0.357. The van der Waals surface area contributed by atoms with Crippen LogP contribution in [0.5, 0.6) is 0 Å². The summed E-state index contributed by atoms with van der Waals surface area (Å²) in [5.41, 5.74) is 0.850. The van der Waals surface area contributed by atoms with Crippen LogP contribution in [0.1, 0.15) is 25.8 Å². The summed E-state index contributed by atoms with van der Waals surface area (Å²) < 4.78 is 0. The van der Waals surface area contributed by atoms with Crippen molar-refractivity contribution >= 4 is 35.2 Å². The van der Waals surface area contributed by atoms with Gasteiger partial charge in [-0.1, -0.05) is 43.1 Å². The molecule has 0 saturated carbocycles. The summed E-state index contributed by atoms with van der Waals surface area (Å²) in [6.45, 7) is 4.94. The zero-order chi connectivity index (χ0) is 13.5. The Morgan fingerprint density at radius 3 is 2.67 bits per heavy atom. The Kier molecular flexibility index (Phi) is 6.23. The van der Waals surface area contributed by atoms with Crippen LogP contribution < -0.4 is 5.32 Å². The molecular formula is C14H17Cl2NO. The molecule has 2 nitrogen and oxygen atoms in total. The highest BCUT2D eigenvalue weighted by Gasteiger charge is 1.99. The van der Waals surface area contributed by atoms with Crippen molar-refractivity contribution in [3.63, 3.8) is 0 Å². The first-order valence-corrected chi connectivity index (χ1v) is 6.65. The van der Waals surface area contributed by atoms with Gasteiger partial charge < -0.3 is 5.32 Å². The van der Waals surface area contributed by atoms with Crippen molar-refractivity contribution in [2.75, 3.05) is 6.54 Å². The van der Waals surface area contributed by atoms with Crippen LogP contribution >= 0.6 is 23.2 Å². The van der Waals surface area contributed by atoms with Crippen LogP contribution in [0.3, 0.4) is 0 Å². The fourth-order valence-corrected chi connectivity index (χ4v) is 1.64. The minimum atomic E-state index is -0.0956. The van der Waals surface area contributed by atoms with Gasteiger partial charge in [0.25, 0.3) is 0 Å². The lowest BCUT2D eigenvalue weighted by atomic mass is 10.1. The van der Waals surface area contributed by atoms with E-state index in [-0.39, 0.29) is 5.91 Å². The van der Waals surface area contributed by atoms with E-state index >= 15 is 0 Å². The molecule has 1 aromatic carbocycles. The number of carbonyl (C=O) groups excluding carboxylic acids is 1. The maximum absolute atomic E-state index is 11.5. The predicted molar refractivity (Wildman–Crippen MR) is 78.0 cm³/mol. The minimum absolute atomic E-state index is 0.0956. The largest absolute Gasteiger partial charge is 0.353 e. The summed E-state index contributed by atoms with van der Waals surface area (Å²) in [6.07, 6.45) is 4.19. The molecule has 98 valence electrons. The monoisotopic (exact) mass is 285 g/mol. The molecule has 0 aromatic heterocycles. The summed E-state index contributed by atoms with van der Waals surface area (Å²) in [7, 11) is 0. The average Bonchev–Trinajstić information content (AvgIpc) is 2.30. The van der Waals surface area contributed by atoms with Gasteiger partial charge in [0, 0.05) is 12.6 Å². The van der Waals surface area contributed by atoms with Crippen molar-refractivity contribution in [1.82, 2.24) is 5.32 Å². The van der Waals surface area contributed by atoms with E-state index in [0.717, 1.165) is 12.0 Å². The second-order valence-corrected chi connectivity index (χ2v) is 5.29. The van der Waals surface area contributed by atoms with E-state index in [0.29, 0.717) is 22.5 Å². The maximum Gasteiger partial charge on any atom is 0.243 e. The Balaban J connectivity index is 2.48. The number of hydrogen-bond acceptors (Lipinski definition) is 1. The minimum Gasteiger partial charge on any atom is -0.353 e. The fourth-order valence-electron chi connectivity index (χ4n) is 1.33. The SMILES string of the molecule is CC(C)CCNC(=O)/C=C/c1ccc(Cl)c(Cl)c1. The van der Waals surface area contributed by atoms with Gasteiger partial charge in [-0.3, -0.25) is 4.79 Å². The van der Waals surface area contributed by atoms with E-state index in [4.69, 9.17) is 23.2 Å². The van der Waals surface area contributed by atoms with Crippen molar-refractivity contribution in [3.8, 4) is 0 Å². The average molecular weight is 286 g/mol. The molecule has 0 aliphatic heterocycles. The van der Waals surface area contributed by atoms with E-state index < -0.39 is 0 Å². The van der Waals surface area contributed by atoms with Crippen LogP contribution in [0.2, 0.25) is 10.0 Å². The molecule has 0 aliphatic rings. The summed E-state index contributed by atoms with van der Waals surface area (Å²) in [6, 6.07) is 5.24. The highest BCUT2D eigenvalue weighted by molar-refractivity contribution is 6.42. The quantitative estimate of drug-likeness (QED) is 0.809. The molecule has 1 N–H and O–H groups in total. The second kappa shape index (κ2) is 7.45. The number of nitrogens with one attached hydrogen (secondary N) is 1. The number of hydrogen-bond donors (Lipinski definition) is 1. The van der Waals surface area contributed by atoms with E-state index in [1.54, 1.807) is 18.2 Å². The topological polar surface area (TPSA) is 29.1 Å². The zero-order valence-corrected chi connectivity index (χ0v) is 12.1. The molecule has 1 amide bonds. The molecule has 0 unspecified atom stereocenters. The van der Waals surface area contributed by atoms with Gasteiger partial charge in [0.1, 0.15) is 0 Å². The van der Waals surface area contributed by atoms with Gasteiger partial charge in [-0.15, -0.1) is 0 Å². The number of benzene rings is 1. The Labute approximate surface area is 118 Å². The van der Waals surface area contributed by atoms with Gasteiger partial charge in [0.2, 0.25) is 5.91 Å². The summed E-state index contributed by atoms with van der Waals surface area (Å²) in [5, 5.41) is 3.82. The van der Waals surface area contributed by atoms with Crippen LogP contribution in [-0.2, 0) is 4.79 Å². The van der Waals surface area contributed by atoms with Crippen LogP contribution in [0, 0.1) is 5.92 Å². The highest BCUT2D eigenvalue weighted by Crippen LogP contribution is 2.22. The second-order valence-electron chi connectivity index (χ2n) is 4.48. The lowest BCUT2D eigenvalue weighted by Crippen LogP contribution is -2.23. The van der Waals surface area contributed by atoms with Gasteiger partial charge in [-0.05, 0) is 36.1 Å². The van der Waals surface area contributed by atoms with Gasteiger partial charge in [0.15, 0.2) is 0 Å². The van der Waals surface area contributed by atoms with Crippen molar-refractivity contribution in [1.29, 1.82) is 0 Å². The molecule has 0 heterocycles. The Bertz CT molecular complexity index is 441. The van der Waals surface area contributed by atoms with Crippen LogP contribution in [0.4, 0.5) is 0 Å². The molecule has 1 aromatic rings. The Morgan fingerprint density at radius 2 is 2.06 bits per heavy atom. The summed E-state index contributed by atoms with van der Waals surface area (Å²) in [4.78, 5) is 11.5. The molecule has 0 radical (unpaired) electrons. The van der Waals surface area contributed by atoms with Gasteiger partial charge in [-0.25, -0.2) is 0 Å². The standard InChI is InChI=1S/C14H17Cl2NO/c1-10(2)7-8-17-14(18)6-4-11-3-5-12(15)13(16)9-11/h3-6,9-10H,7-8H2,1-2H3,(H,17,18)/b6-4+. The predicted octanol–water partition coefficient (Wildman–Crippen LogP) is 4.17. The van der Waals surface area contributed by atoms with Gasteiger partial charge in [0.05, 0.1) is 10.0 Å². The first kappa shape index (κ1) is 15.1. The molecule has 0 fully saturated rings. The third-order valence-electron chi connectivity index (χ3n) is 2.39. The lowest BCUT2D eigenvalue weighted by Gasteiger charge is -2.04. The van der Waals surface area contributed by atoms with E-state index in [9.17, 15) is 4.79 Å². The van der Waals surface area contributed by atoms with Gasteiger partial charge in [-0.2, -0.15) is 0 Å². The maximum atomic E-state index is 11.5. The number of rotatable bonds is 5. The van der Waals surface area contributed by atoms with Crippen molar-refractivity contribution in [2.24, 2.45) is 5.92 Å². The van der Waals surface area contributed by atoms with Crippen molar-refractivity contribution < 1.29 is 4.79 Å². The van der Waals surface area contributed by atoms with E-state index in [2.05, 4.69) is 19.2 Å². The molecule has 1 rings (SSSR count). The van der Waals surface area contributed by atoms with Gasteiger partial charge >= 0.3 is 0 Å². The van der Waals surface area contributed by atoms with Crippen LogP contribution in [-0.4, -0.2) is 12.5 Å². The van der Waals surface area contributed by atoms with Crippen molar-refractivity contribution in [2.45, 2.75) is 20.3 Å². The molecule has 0 saturated heterocycles. The third kappa shape index (κ3) is 5.56. The van der Waals surface area contributed by atoms with Crippen LogP contribution in [0.25, 0.3) is 6.08 Å². The number of carbonyl (C=O) groups is 1. The lowest BCUT2D eigenvalue weighted by molar-refractivity contribution is -0.116. The normalized spacial score (nSPS) is 11.2. The molecule has 0 spiro atoms. The molecular weight excluding hydrogens is 269 g/mol.